The molecule has 0 fully saturated rings. The Balaban J connectivity index is 0.00000256. The molecule has 0 radical (unpaired) electrons. The minimum absolute atomic E-state index is 0. The van der Waals surface area contributed by atoms with Gasteiger partial charge in [-0.2, -0.15) is 0 Å². The summed E-state index contributed by atoms with van der Waals surface area (Å²) < 4.78 is 5.03. The van der Waals surface area contributed by atoms with E-state index < -0.39 is 6.04 Å². The molecule has 1 heterocycles. The van der Waals surface area contributed by atoms with Gasteiger partial charge in [0.1, 0.15) is 11.5 Å². The number of halogens is 1. The van der Waals surface area contributed by atoms with E-state index in [9.17, 15) is 4.79 Å². The van der Waals surface area contributed by atoms with Gasteiger partial charge in [0.2, 0.25) is 5.91 Å². The molecule has 0 aliphatic rings. The summed E-state index contributed by atoms with van der Waals surface area (Å²) in [6, 6.07) is -0.461. The monoisotopic (exact) mass is 261 g/mol. The predicted octanol–water partition coefficient (Wildman–Crippen LogP) is 1.39. The average Bonchev–Trinajstić information content (AvgIpc) is 2.69. The highest BCUT2D eigenvalue weighted by atomic mass is 35.5. The first-order chi connectivity index (χ1) is 7.56. The van der Waals surface area contributed by atoms with Crippen LogP contribution >= 0.6 is 12.4 Å². The lowest BCUT2D eigenvalue weighted by Gasteiger charge is -2.17. The van der Waals surface area contributed by atoms with E-state index in [1.807, 2.05) is 20.8 Å². The first kappa shape index (κ1) is 15.9. The minimum atomic E-state index is -0.461. The SMILES string of the molecule is CCC(C)C(N)C(=O)NCc1ncoc1C.Cl. The summed E-state index contributed by atoms with van der Waals surface area (Å²) in [6.07, 6.45) is 2.25. The van der Waals surface area contributed by atoms with Crippen LogP contribution in [0, 0.1) is 12.8 Å². The Morgan fingerprint density at radius 1 is 1.65 bits per heavy atom. The van der Waals surface area contributed by atoms with Crippen molar-refractivity contribution >= 4 is 18.3 Å². The van der Waals surface area contributed by atoms with Crippen molar-refractivity contribution in [2.75, 3.05) is 0 Å². The molecule has 98 valence electrons. The number of nitrogens with zero attached hydrogens (tertiary/aromatic N) is 1. The Morgan fingerprint density at radius 2 is 2.29 bits per heavy atom. The van der Waals surface area contributed by atoms with Gasteiger partial charge in [-0.3, -0.25) is 4.79 Å². The second kappa shape index (κ2) is 7.29. The van der Waals surface area contributed by atoms with E-state index in [0.717, 1.165) is 17.9 Å². The third-order valence-electron chi connectivity index (χ3n) is 2.83. The van der Waals surface area contributed by atoms with Crippen molar-refractivity contribution in [1.82, 2.24) is 10.3 Å². The van der Waals surface area contributed by atoms with Crippen molar-refractivity contribution in [2.24, 2.45) is 11.7 Å². The highest BCUT2D eigenvalue weighted by Gasteiger charge is 2.19. The molecule has 17 heavy (non-hydrogen) atoms. The van der Waals surface area contributed by atoms with Gasteiger partial charge in [-0.05, 0) is 12.8 Å². The van der Waals surface area contributed by atoms with Crippen LogP contribution in [0.25, 0.3) is 0 Å². The molecule has 0 saturated carbocycles. The standard InChI is InChI=1S/C11H19N3O2.ClH/c1-4-7(2)10(12)11(15)13-5-9-8(3)16-6-14-9;/h6-7,10H,4-5,12H2,1-3H3,(H,13,15);1H. The van der Waals surface area contributed by atoms with Crippen LogP contribution in [0.1, 0.15) is 31.7 Å². The Kier molecular flexibility index (Phi) is 6.83. The summed E-state index contributed by atoms with van der Waals surface area (Å²) in [5.41, 5.74) is 6.53. The van der Waals surface area contributed by atoms with Crippen molar-refractivity contribution in [3.05, 3.63) is 17.8 Å². The first-order valence-electron chi connectivity index (χ1n) is 5.48. The average molecular weight is 262 g/mol. The number of oxazole rings is 1. The maximum absolute atomic E-state index is 11.7. The Bertz CT molecular complexity index is 354. The zero-order valence-corrected chi connectivity index (χ0v) is 11.2. The molecule has 0 spiro atoms. The number of carbonyl (C=O) groups excluding carboxylic acids is 1. The lowest BCUT2D eigenvalue weighted by Crippen LogP contribution is -2.44. The molecule has 2 atom stereocenters. The quantitative estimate of drug-likeness (QED) is 0.839. The summed E-state index contributed by atoms with van der Waals surface area (Å²) in [5.74, 6) is 0.757. The Labute approximate surface area is 108 Å². The fourth-order valence-electron chi connectivity index (χ4n) is 1.30. The van der Waals surface area contributed by atoms with E-state index in [1.165, 1.54) is 6.39 Å². The number of hydrogen-bond acceptors (Lipinski definition) is 4. The van der Waals surface area contributed by atoms with Crippen LogP contribution in [0.15, 0.2) is 10.8 Å². The van der Waals surface area contributed by atoms with Crippen LogP contribution in [0.5, 0.6) is 0 Å². The van der Waals surface area contributed by atoms with Gasteiger partial charge < -0.3 is 15.5 Å². The number of nitrogens with two attached hydrogens (primary N) is 1. The van der Waals surface area contributed by atoms with Crippen LogP contribution in [-0.2, 0) is 11.3 Å². The molecule has 1 amide bonds. The van der Waals surface area contributed by atoms with Crippen molar-refractivity contribution in [2.45, 2.75) is 39.8 Å². The number of rotatable bonds is 5. The molecular formula is C11H20ClN3O2. The number of aryl methyl sites for hydroxylation is 1. The Hall–Kier alpha value is -1.07. The molecule has 2 unspecified atom stereocenters. The molecule has 0 bridgehead atoms. The fraction of sp³-hybridized carbons (Fsp3) is 0.636. The van der Waals surface area contributed by atoms with Gasteiger partial charge in [-0.1, -0.05) is 20.3 Å². The van der Waals surface area contributed by atoms with Crippen molar-refractivity contribution in [3.63, 3.8) is 0 Å². The summed E-state index contributed by atoms with van der Waals surface area (Å²) in [6.45, 7) is 6.15. The molecule has 0 aliphatic carbocycles. The normalized spacial score (nSPS) is 13.6. The van der Waals surface area contributed by atoms with E-state index in [2.05, 4.69) is 10.3 Å². The number of carbonyl (C=O) groups is 1. The number of nitrogens with one attached hydrogen (secondary N) is 1. The number of hydrogen-bond donors (Lipinski definition) is 2. The summed E-state index contributed by atoms with van der Waals surface area (Å²) in [4.78, 5) is 15.6. The molecular weight excluding hydrogens is 242 g/mol. The van der Waals surface area contributed by atoms with E-state index in [1.54, 1.807) is 0 Å². The van der Waals surface area contributed by atoms with Crippen molar-refractivity contribution in [1.29, 1.82) is 0 Å². The van der Waals surface area contributed by atoms with Gasteiger partial charge in [0.05, 0.1) is 12.6 Å². The van der Waals surface area contributed by atoms with E-state index >= 15 is 0 Å². The molecule has 6 heteroatoms. The van der Waals surface area contributed by atoms with Gasteiger partial charge in [0.25, 0.3) is 0 Å². The van der Waals surface area contributed by atoms with Crippen LogP contribution in [-0.4, -0.2) is 16.9 Å². The second-order valence-electron chi connectivity index (χ2n) is 3.98. The predicted molar refractivity (Wildman–Crippen MR) is 67.8 cm³/mol. The minimum Gasteiger partial charge on any atom is -0.448 e. The highest BCUT2D eigenvalue weighted by molar-refractivity contribution is 5.85. The van der Waals surface area contributed by atoms with E-state index in [0.29, 0.717) is 6.54 Å². The molecule has 1 rings (SSSR count). The molecule has 0 saturated heterocycles. The molecule has 0 aromatic carbocycles. The van der Waals surface area contributed by atoms with Crippen LogP contribution in [0.3, 0.4) is 0 Å². The van der Waals surface area contributed by atoms with Crippen LogP contribution < -0.4 is 11.1 Å². The lowest BCUT2D eigenvalue weighted by molar-refractivity contribution is -0.123. The fourth-order valence-corrected chi connectivity index (χ4v) is 1.30. The first-order valence-corrected chi connectivity index (χ1v) is 5.48. The smallest absolute Gasteiger partial charge is 0.237 e. The van der Waals surface area contributed by atoms with Crippen LogP contribution in [0.2, 0.25) is 0 Å². The Morgan fingerprint density at radius 3 is 2.76 bits per heavy atom. The van der Waals surface area contributed by atoms with Crippen molar-refractivity contribution in [3.8, 4) is 0 Å². The number of amides is 1. The second-order valence-corrected chi connectivity index (χ2v) is 3.98. The van der Waals surface area contributed by atoms with Gasteiger partial charge in [0, 0.05) is 0 Å². The molecule has 0 aliphatic heterocycles. The van der Waals surface area contributed by atoms with Gasteiger partial charge >= 0.3 is 0 Å². The highest BCUT2D eigenvalue weighted by Crippen LogP contribution is 2.07. The number of aromatic nitrogens is 1. The largest absolute Gasteiger partial charge is 0.448 e. The molecule has 1 aromatic heterocycles. The zero-order chi connectivity index (χ0) is 12.1. The van der Waals surface area contributed by atoms with E-state index in [4.69, 9.17) is 10.2 Å². The third kappa shape index (κ3) is 4.36. The topological polar surface area (TPSA) is 81.2 Å². The van der Waals surface area contributed by atoms with Crippen molar-refractivity contribution < 1.29 is 9.21 Å². The van der Waals surface area contributed by atoms with Gasteiger partial charge in [0.15, 0.2) is 6.39 Å². The van der Waals surface area contributed by atoms with Gasteiger partial charge in [-0.25, -0.2) is 4.98 Å². The maximum atomic E-state index is 11.7. The zero-order valence-electron chi connectivity index (χ0n) is 10.4. The molecule has 3 N–H and O–H groups in total. The molecule has 1 aromatic rings. The lowest BCUT2D eigenvalue weighted by atomic mass is 9.99. The van der Waals surface area contributed by atoms with E-state index in [-0.39, 0.29) is 24.2 Å². The summed E-state index contributed by atoms with van der Waals surface area (Å²) in [7, 11) is 0. The van der Waals surface area contributed by atoms with Gasteiger partial charge in [-0.15, -0.1) is 12.4 Å². The summed E-state index contributed by atoms with van der Waals surface area (Å²) >= 11 is 0. The summed E-state index contributed by atoms with van der Waals surface area (Å²) in [5, 5.41) is 2.75. The maximum Gasteiger partial charge on any atom is 0.237 e. The molecule has 5 nitrogen and oxygen atoms in total. The van der Waals surface area contributed by atoms with Crippen LogP contribution in [0.4, 0.5) is 0 Å². The third-order valence-corrected chi connectivity index (χ3v) is 2.83.